The molecule has 7 heteroatoms. The van der Waals surface area contributed by atoms with E-state index in [-0.39, 0.29) is 16.2 Å². The van der Waals surface area contributed by atoms with E-state index in [1.54, 1.807) is 12.1 Å². The molecule has 0 saturated heterocycles. The molecule has 1 aromatic rings. The Balaban J connectivity index is 2.97. The molecule has 0 aliphatic carbocycles. The molecule has 0 amide bonds. The number of halogens is 1. The van der Waals surface area contributed by atoms with Gasteiger partial charge in [0.1, 0.15) is 4.99 Å². The van der Waals surface area contributed by atoms with Gasteiger partial charge in [0.2, 0.25) is 10.0 Å². The third kappa shape index (κ3) is 5.64. The van der Waals surface area contributed by atoms with Crippen molar-refractivity contribution in [2.45, 2.75) is 27.2 Å². The summed E-state index contributed by atoms with van der Waals surface area (Å²) in [7, 11) is -3.46. The monoisotopic (exact) mass is 334 g/mol. The first-order chi connectivity index (χ1) is 9.00. The largest absolute Gasteiger partial charge is 0.389 e. The Labute approximate surface area is 130 Å². The van der Waals surface area contributed by atoms with Crippen LogP contribution in [0.4, 0.5) is 5.69 Å². The van der Waals surface area contributed by atoms with E-state index in [1.165, 1.54) is 6.07 Å². The highest BCUT2D eigenvalue weighted by Crippen LogP contribution is 2.24. The van der Waals surface area contributed by atoms with E-state index < -0.39 is 10.0 Å². The molecule has 0 aromatic heterocycles. The summed E-state index contributed by atoms with van der Waals surface area (Å²) >= 11 is 10.8. The van der Waals surface area contributed by atoms with E-state index in [0.29, 0.717) is 22.7 Å². The summed E-state index contributed by atoms with van der Waals surface area (Å²) < 4.78 is 26.7. The molecule has 112 valence electrons. The fourth-order valence-electron chi connectivity index (χ4n) is 1.47. The van der Waals surface area contributed by atoms with E-state index in [2.05, 4.69) is 4.72 Å². The molecule has 0 heterocycles. The molecule has 1 rings (SSSR count). The number of hydrogen-bond acceptors (Lipinski definition) is 3. The zero-order valence-electron chi connectivity index (χ0n) is 11.7. The van der Waals surface area contributed by atoms with Crippen LogP contribution in [-0.4, -0.2) is 19.2 Å². The number of nitrogens with one attached hydrogen (secondary N) is 1. The SMILES string of the molecule is CC(C)(C)CCS(=O)(=O)Nc1cc(Cl)ccc1C(N)=S. The minimum Gasteiger partial charge on any atom is -0.389 e. The summed E-state index contributed by atoms with van der Waals surface area (Å²) in [6.45, 7) is 5.97. The van der Waals surface area contributed by atoms with Crippen molar-refractivity contribution in [2.24, 2.45) is 11.1 Å². The lowest BCUT2D eigenvalue weighted by Gasteiger charge is -2.19. The summed E-state index contributed by atoms with van der Waals surface area (Å²) in [4.78, 5) is 0.121. The third-order valence-corrected chi connectivity index (χ3v) is 4.36. The van der Waals surface area contributed by atoms with Crippen molar-refractivity contribution in [3.05, 3.63) is 28.8 Å². The molecule has 0 bridgehead atoms. The van der Waals surface area contributed by atoms with Gasteiger partial charge in [-0.2, -0.15) is 0 Å². The van der Waals surface area contributed by atoms with E-state index in [0.717, 1.165) is 0 Å². The minimum atomic E-state index is -3.46. The van der Waals surface area contributed by atoms with Crippen molar-refractivity contribution in [2.75, 3.05) is 10.5 Å². The molecule has 0 radical (unpaired) electrons. The van der Waals surface area contributed by atoms with Crippen LogP contribution in [0.5, 0.6) is 0 Å². The van der Waals surface area contributed by atoms with Crippen LogP contribution in [-0.2, 0) is 10.0 Å². The van der Waals surface area contributed by atoms with Crippen LogP contribution in [0.25, 0.3) is 0 Å². The van der Waals surface area contributed by atoms with Gasteiger partial charge in [-0.15, -0.1) is 0 Å². The van der Waals surface area contributed by atoms with Gasteiger partial charge in [0.15, 0.2) is 0 Å². The van der Waals surface area contributed by atoms with Crippen molar-refractivity contribution in [1.82, 2.24) is 0 Å². The van der Waals surface area contributed by atoms with Crippen LogP contribution in [0.15, 0.2) is 18.2 Å². The molecule has 4 nitrogen and oxygen atoms in total. The first-order valence-electron chi connectivity index (χ1n) is 6.10. The summed E-state index contributed by atoms with van der Waals surface area (Å²) in [6.07, 6.45) is 0.547. The topological polar surface area (TPSA) is 72.2 Å². The highest BCUT2D eigenvalue weighted by molar-refractivity contribution is 7.92. The molecule has 0 atom stereocenters. The van der Waals surface area contributed by atoms with Crippen LogP contribution in [0.1, 0.15) is 32.8 Å². The highest BCUT2D eigenvalue weighted by atomic mass is 35.5. The maximum absolute atomic E-state index is 12.1. The zero-order valence-corrected chi connectivity index (χ0v) is 14.1. The van der Waals surface area contributed by atoms with Crippen molar-refractivity contribution >= 4 is 44.5 Å². The standard InChI is InChI=1S/C13H19ClN2O2S2/c1-13(2,3)6-7-20(17,18)16-11-8-9(14)4-5-10(11)12(15)19/h4-5,8,16H,6-7H2,1-3H3,(H2,15,19). The Morgan fingerprint density at radius 2 is 2.00 bits per heavy atom. The van der Waals surface area contributed by atoms with Crippen molar-refractivity contribution in [3.63, 3.8) is 0 Å². The molecule has 20 heavy (non-hydrogen) atoms. The Kier molecular flexibility index (Phi) is 5.40. The van der Waals surface area contributed by atoms with E-state index >= 15 is 0 Å². The van der Waals surface area contributed by atoms with Gasteiger partial charge >= 0.3 is 0 Å². The van der Waals surface area contributed by atoms with Gasteiger partial charge in [-0.1, -0.05) is 44.6 Å². The molecule has 0 aliphatic heterocycles. The van der Waals surface area contributed by atoms with E-state index in [4.69, 9.17) is 29.6 Å². The number of hydrogen-bond donors (Lipinski definition) is 2. The summed E-state index contributed by atoms with van der Waals surface area (Å²) in [5, 5.41) is 0.415. The van der Waals surface area contributed by atoms with Gasteiger partial charge in [0.05, 0.1) is 11.4 Å². The van der Waals surface area contributed by atoms with E-state index in [1.807, 2.05) is 20.8 Å². The van der Waals surface area contributed by atoms with Gasteiger partial charge in [0.25, 0.3) is 0 Å². The Morgan fingerprint density at radius 1 is 1.40 bits per heavy atom. The maximum atomic E-state index is 12.1. The lowest BCUT2D eigenvalue weighted by Crippen LogP contribution is -2.23. The smallest absolute Gasteiger partial charge is 0.232 e. The van der Waals surface area contributed by atoms with E-state index in [9.17, 15) is 8.42 Å². The van der Waals surface area contributed by atoms with Gasteiger partial charge in [-0.05, 0) is 30.0 Å². The summed E-state index contributed by atoms with van der Waals surface area (Å²) in [6, 6.07) is 4.72. The lowest BCUT2D eigenvalue weighted by atomic mass is 9.94. The number of nitrogens with two attached hydrogens (primary N) is 1. The van der Waals surface area contributed by atoms with Crippen molar-refractivity contribution < 1.29 is 8.42 Å². The van der Waals surface area contributed by atoms with Crippen LogP contribution >= 0.6 is 23.8 Å². The Bertz CT molecular complexity index is 607. The van der Waals surface area contributed by atoms with Gasteiger partial charge < -0.3 is 5.73 Å². The molecular weight excluding hydrogens is 316 g/mol. The Hall–Kier alpha value is -0.850. The minimum absolute atomic E-state index is 0.0276. The summed E-state index contributed by atoms with van der Waals surface area (Å²) in [5.74, 6) is 0.0276. The predicted octanol–water partition coefficient (Wildman–Crippen LogP) is 3.15. The second-order valence-corrected chi connectivity index (χ2v) is 8.50. The third-order valence-electron chi connectivity index (χ3n) is 2.63. The second kappa shape index (κ2) is 6.28. The number of anilines is 1. The van der Waals surface area contributed by atoms with Gasteiger partial charge in [0, 0.05) is 10.6 Å². The average molecular weight is 335 g/mol. The first-order valence-corrected chi connectivity index (χ1v) is 8.54. The number of rotatable bonds is 5. The normalized spacial score (nSPS) is 12.2. The fourth-order valence-corrected chi connectivity index (χ4v) is 3.31. The first kappa shape index (κ1) is 17.2. The molecule has 0 aliphatic rings. The second-order valence-electron chi connectivity index (χ2n) is 5.79. The van der Waals surface area contributed by atoms with Crippen molar-refractivity contribution in [1.29, 1.82) is 0 Å². The molecule has 0 saturated carbocycles. The molecule has 0 spiro atoms. The van der Waals surface area contributed by atoms with Crippen molar-refractivity contribution in [3.8, 4) is 0 Å². The molecule has 3 N–H and O–H groups in total. The fraction of sp³-hybridized carbons (Fsp3) is 0.462. The van der Waals surface area contributed by atoms with Gasteiger partial charge in [-0.3, -0.25) is 4.72 Å². The summed E-state index contributed by atoms with van der Waals surface area (Å²) in [5.41, 5.74) is 6.30. The van der Waals surface area contributed by atoms with Crippen LogP contribution in [0.3, 0.4) is 0 Å². The predicted molar refractivity (Wildman–Crippen MR) is 88.8 cm³/mol. The maximum Gasteiger partial charge on any atom is 0.232 e. The highest BCUT2D eigenvalue weighted by Gasteiger charge is 2.19. The van der Waals surface area contributed by atoms with Crippen LogP contribution in [0.2, 0.25) is 5.02 Å². The lowest BCUT2D eigenvalue weighted by molar-refractivity contribution is 0.397. The van der Waals surface area contributed by atoms with Crippen LogP contribution < -0.4 is 10.5 Å². The molecule has 0 fully saturated rings. The number of benzene rings is 1. The van der Waals surface area contributed by atoms with Gasteiger partial charge in [-0.25, -0.2) is 8.42 Å². The Morgan fingerprint density at radius 3 is 2.50 bits per heavy atom. The number of sulfonamides is 1. The zero-order chi connectivity index (χ0) is 15.6. The molecule has 1 aromatic carbocycles. The average Bonchev–Trinajstić information content (AvgIpc) is 2.24. The molecule has 0 unspecified atom stereocenters. The van der Waals surface area contributed by atoms with Crippen LogP contribution in [0, 0.1) is 5.41 Å². The molecular formula is C13H19ClN2O2S2. The number of thiocarbonyl (C=S) groups is 1. The quantitative estimate of drug-likeness (QED) is 0.811.